The van der Waals surface area contributed by atoms with Gasteiger partial charge in [-0.1, -0.05) is 0 Å². The average molecular weight is 268 g/mol. The molecule has 108 valence electrons. The summed E-state index contributed by atoms with van der Waals surface area (Å²) in [5.74, 6) is 0.0980. The van der Waals surface area contributed by atoms with Gasteiger partial charge in [-0.25, -0.2) is 4.79 Å². The topological polar surface area (TPSA) is 49.9 Å². The van der Waals surface area contributed by atoms with E-state index in [1.165, 1.54) is 0 Å². The van der Waals surface area contributed by atoms with E-state index in [-0.39, 0.29) is 18.0 Å². The third-order valence-corrected chi connectivity index (χ3v) is 3.58. The van der Waals surface area contributed by atoms with Crippen LogP contribution in [0.4, 0.5) is 4.79 Å². The van der Waals surface area contributed by atoms with Crippen LogP contribution in [0.1, 0.15) is 46.5 Å². The number of nitrogens with zero attached hydrogens (tertiary/aromatic N) is 2. The summed E-state index contributed by atoms with van der Waals surface area (Å²) < 4.78 is 5.38. The Kier molecular flexibility index (Phi) is 4.02. The van der Waals surface area contributed by atoms with Crippen LogP contribution < -0.4 is 0 Å². The van der Waals surface area contributed by atoms with E-state index < -0.39 is 5.60 Å². The van der Waals surface area contributed by atoms with Gasteiger partial charge < -0.3 is 9.64 Å². The van der Waals surface area contributed by atoms with Crippen molar-refractivity contribution in [2.24, 2.45) is 0 Å². The molecule has 0 aliphatic carbocycles. The molecule has 5 nitrogen and oxygen atoms in total. The molecule has 0 spiro atoms. The molecule has 2 aliphatic heterocycles. The molecule has 0 radical (unpaired) electrons. The van der Waals surface area contributed by atoms with Gasteiger partial charge in [0.2, 0.25) is 5.91 Å². The van der Waals surface area contributed by atoms with Gasteiger partial charge in [0.25, 0.3) is 0 Å². The Hall–Kier alpha value is -1.26. The predicted molar refractivity (Wildman–Crippen MR) is 71.8 cm³/mol. The zero-order chi connectivity index (χ0) is 14.0. The van der Waals surface area contributed by atoms with Crippen molar-refractivity contribution in [2.45, 2.75) is 58.1 Å². The molecule has 1 atom stereocenters. The van der Waals surface area contributed by atoms with Crippen LogP contribution in [-0.2, 0) is 9.53 Å². The molecule has 0 N–H and O–H groups in total. The van der Waals surface area contributed by atoms with Crippen molar-refractivity contribution < 1.29 is 14.3 Å². The van der Waals surface area contributed by atoms with E-state index in [1.807, 2.05) is 25.7 Å². The van der Waals surface area contributed by atoms with Crippen molar-refractivity contribution in [1.29, 1.82) is 0 Å². The third-order valence-electron chi connectivity index (χ3n) is 3.58. The lowest BCUT2D eigenvalue weighted by Crippen LogP contribution is -2.48. The Balaban J connectivity index is 2.00. The van der Waals surface area contributed by atoms with E-state index >= 15 is 0 Å². The molecule has 2 aliphatic rings. The smallest absolute Gasteiger partial charge is 0.410 e. The second-order valence-electron chi connectivity index (χ2n) is 6.36. The van der Waals surface area contributed by atoms with Gasteiger partial charge in [-0.2, -0.15) is 0 Å². The van der Waals surface area contributed by atoms with Gasteiger partial charge in [-0.05, 0) is 46.5 Å². The Morgan fingerprint density at radius 1 is 1.05 bits per heavy atom. The van der Waals surface area contributed by atoms with Gasteiger partial charge in [0.15, 0.2) is 0 Å². The van der Waals surface area contributed by atoms with Crippen LogP contribution in [0.2, 0.25) is 0 Å². The number of carbonyl (C=O) groups is 2. The third kappa shape index (κ3) is 3.39. The van der Waals surface area contributed by atoms with Crippen molar-refractivity contribution in [3.8, 4) is 0 Å². The van der Waals surface area contributed by atoms with Crippen LogP contribution >= 0.6 is 0 Å². The first-order chi connectivity index (χ1) is 8.88. The number of likely N-dealkylation sites (tertiary alicyclic amines) is 2. The number of amides is 2. The van der Waals surface area contributed by atoms with Gasteiger partial charge in [0.05, 0.1) is 0 Å². The zero-order valence-electron chi connectivity index (χ0n) is 12.1. The first kappa shape index (κ1) is 14.2. The molecule has 2 heterocycles. The average Bonchev–Trinajstić information content (AvgIpc) is 2.97. The lowest BCUT2D eigenvalue weighted by atomic mass is 10.2. The molecule has 2 rings (SSSR count). The van der Waals surface area contributed by atoms with Crippen molar-refractivity contribution in [3.63, 3.8) is 0 Å². The Morgan fingerprint density at radius 2 is 1.68 bits per heavy atom. The molecule has 0 unspecified atom stereocenters. The highest BCUT2D eigenvalue weighted by Crippen LogP contribution is 2.23. The minimum Gasteiger partial charge on any atom is -0.444 e. The van der Waals surface area contributed by atoms with Gasteiger partial charge in [-0.3, -0.25) is 9.69 Å². The van der Waals surface area contributed by atoms with E-state index in [0.717, 1.165) is 38.8 Å². The fourth-order valence-electron chi connectivity index (χ4n) is 2.71. The summed E-state index contributed by atoms with van der Waals surface area (Å²) in [6.45, 7) is 7.82. The Bertz CT molecular complexity index is 356. The van der Waals surface area contributed by atoms with Crippen LogP contribution in [-0.4, -0.2) is 53.1 Å². The largest absolute Gasteiger partial charge is 0.444 e. The van der Waals surface area contributed by atoms with E-state index in [2.05, 4.69) is 0 Å². The maximum atomic E-state index is 12.4. The summed E-state index contributed by atoms with van der Waals surface area (Å²) in [4.78, 5) is 28.0. The molecule has 0 aromatic heterocycles. The van der Waals surface area contributed by atoms with Crippen molar-refractivity contribution >= 4 is 12.0 Å². The first-order valence-electron chi connectivity index (χ1n) is 7.17. The van der Waals surface area contributed by atoms with Gasteiger partial charge in [0.1, 0.15) is 11.6 Å². The van der Waals surface area contributed by atoms with Gasteiger partial charge >= 0.3 is 6.09 Å². The molecule has 5 heteroatoms. The van der Waals surface area contributed by atoms with Crippen molar-refractivity contribution in [3.05, 3.63) is 0 Å². The minimum atomic E-state index is -0.513. The van der Waals surface area contributed by atoms with Crippen LogP contribution in [0.25, 0.3) is 0 Å². The number of hydrogen-bond acceptors (Lipinski definition) is 3. The van der Waals surface area contributed by atoms with Crippen LogP contribution in [0.3, 0.4) is 0 Å². The fourth-order valence-corrected chi connectivity index (χ4v) is 2.71. The molecule has 2 fully saturated rings. The lowest BCUT2D eigenvalue weighted by Gasteiger charge is -2.30. The fraction of sp³-hybridized carbons (Fsp3) is 0.857. The monoisotopic (exact) mass is 268 g/mol. The lowest BCUT2D eigenvalue weighted by molar-refractivity contribution is -0.134. The van der Waals surface area contributed by atoms with E-state index in [0.29, 0.717) is 6.54 Å². The number of rotatable bonds is 1. The standard InChI is InChI=1S/C14H24N2O3/c1-14(2,3)19-13(18)16-10-6-7-11(16)12(17)15-8-4-5-9-15/h11H,4-10H2,1-3H3/t11-/m1/s1. The molecule has 0 aromatic carbocycles. The number of ether oxygens (including phenoxy) is 1. The highest BCUT2D eigenvalue weighted by atomic mass is 16.6. The summed E-state index contributed by atoms with van der Waals surface area (Å²) in [5, 5.41) is 0. The second kappa shape index (κ2) is 5.39. The quantitative estimate of drug-likeness (QED) is 0.731. The van der Waals surface area contributed by atoms with Crippen LogP contribution in [0.15, 0.2) is 0 Å². The number of hydrogen-bond donors (Lipinski definition) is 0. The molecule has 2 amide bonds. The normalized spacial score (nSPS) is 23.8. The maximum absolute atomic E-state index is 12.4. The first-order valence-corrected chi connectivity index (χ1v) is 7.17. The SMILES string of the molecule is CC(C)(C)OC(=O)N1CCC[C@@H]1C(=O)N1CCCC1. The summed E-state index contributed by atoms with van der Waals surface area (Å²) >= 11 is 0. The Morgan fingerprint density at radius 3 is 2.26 bits per heavy atom. The highest BCUT2D eigenvalue weighted by Gasteiger charge is 2.38. The summed E-state index contributed by atoms with van der Waals surface area (Å²) in [6.07, 6.45) is 3.43. The van der Waals surface area contributed by atoms with Crippen molar-refractivity contribution in [2.75, 3.05) is 19.6 Å². The summed E-state index contributed by atoms with van der Waals surface area (Å²) in [6, 6.07) is -0.312. The molecular weight excluding hydrogens is 244 g/mol. The number of carbonyl (C=O) groups excluding carboxylic acids is 2. The van der Waals surface area contributed by atoms with E-state index in [9.17, 15) is 9.59 Å². The molecule has 2 saturated heterocycles. The molecular formula is C14H24N2O3. The summed E-state index contributed by atoms with van der Waals surface area (Å²) in [5.41, 5.74) is -0.513. The molecule has 19 heavy (non-hydrogen) atoms. The summed E-state index contributed by atoms with van der Waals surface area (Å²) in [7, 11) is 0. The van der Waals surface area contributed by atoms with E-state index in [4.69, 9.17) is 4.74 Å². The molecule has 0 saturated carbocycles. The van der Waals surface area contributed by atoms with Gasteiger partial charge in [-0.15, -0.1) is 0 Å². The maximum Gasteiger partial charge on any atom is 0.410 e. The molecule has 0 aromatic rings. The van der Waals surface area contributed by atoms with Crippen LogP contribution in [0, 0.1) is 0 Å². The van der Waals surface area contributed by atoms with Crippen molar-refractivity contribution in [1.82, 2.24) is 9.80 Å². The molecule has 0 bridgehead atoms. The predicted octanol–water partition coefficient (Wildman–Crippen LogP) is 2.01. The van der Waals surface area contributed by atoms with Gasteiger partial charge in [0, 0.05) is 19.6 Å². The highest BCUT2D eigenvalue weighted by molar-refractivity contribution is 5.86. The minimum absolute atomic E-state index is 0.0980. The van der Waals surface area contributed by atoms with E-state index in [1.54, 1.807) is 4.90 Å². The Labute approximate surface area is 114 Å². The second-order valence-corrected chi connectivity index (χ2v) is 6.36. The zero-order valence-corrected chi connectivity index (χ0v) is 12.1. The van der Waals surface area contributed by atoms with Crippen LogP contribution in [0.5, 0.6) is 0 Å².